The summed E-state index contributed by atoms with van der Waals surface area (Å²) in [6.07, 6.45) is 4.11. The van der Waals surface area contributed by atoms with Crippen LogP contribution in [0.2, 0.25) is 0 Å². The van der Waals surface area contributed by atoms with E-state index < -0.39 is 5.63 Å². The van der Waals surface area contributed by atoms with Gasteiger partial charge in [0.05, 0.1) is 10.6 Å². The smallest absolute Gasteiger partial charge is 0.379 e. The maximum Gasteiger partial charge on any atom is 0.379 e. The van der Waals surface area contributed by atoms with Gasteiger partial charge in [0.2, 0.25) is 5.75 Å². The molecule has 1 fully saturated rings. The molecule has 0 aromatic carbocycles. The van der Waals surface area contributed by atoms with E-state index in [4.69, 9.17) is 13.9 Å². The van der Waals surface area contributed by atoms with Crippen LogP contribution in [0.5, 0.6) is 5.75 Å². The van der Waals surface area contributed by atoms with Crippen LogP contribution in [0, 0.1) is 6.92 Å². The molecular formula is C13H17BrO4. The van der Waals surface area contributed by atoms with Gasteiger partial charge in [-0.05, 0) is 48.2 Å². The van der Waals surface area contributed by atoms with Gasteiger partial charge in [0.25, 0.3) is 0 Å². The van der Waals surface area contributed by atoms with Gasteiger partial charge in [-0.15, -0.1) is 0 Å². The molecular weight excluding hydrogens is 300 g/mol. The fourth-order valence-corrected chi connectivity index (χ4v) is 2.84. The summed E-state index contributed by atoms with van der Waals surface area (Å²) in [7, 11) is 1.71. The first-order valence-corrected chi connectivity index (χ1v) is 6.89. The lowest BCUT2D eigenvalue weighted by atomic mass is 9.95. The Balaban J connectivity index is 2.12. The van der Waals surface area contributed by atoms with Crippen LogP contribution in [-0.4, -0.2) is 19.3 Å². The molecule has 1 aromatic rings. The number of halogens is 1. The minimum atomic E-state index is -0.429. The Labute approximate surface area is 114 Å². The van der Waals surface area contributed by atoms with Crippen LogP contribution in [0.1, 0.15) is 31.4 Å². The van der Waals surface area contributed by atoms with Gasteiger partial charge in [0.1, 0.15) is 11.9 Å². The molecule has 0 spiro atoms. The Morgan fingerprint density at radius 1 is 1.39 bits per heavy atom. The fourth-order valence-electron chi connectivity index (χ4n) is 2.26. The summed E-state index contributed by atoms with van der Waals surface area (Å²) in [6.45, 7) is 1.73. The summed E-state index contributed by atoms with van der Waals surface area (Å²) in [4.78, 5) is 11.7. The fraction of sp³-hybridized carbons (Fsp3) is 0.615. The summed E-state index contributed by atoms with van der Waals surface area (Å²) < 4.78 is 16.8. The number of hydrogen-bond acceptors (Lipinski definition) is 4. The van der Waals surface area contributed by atoms with E-state index in [0.717, 1.165) is 25.7 Å². The van der Waals surface area contributed by atoms with Crippen LogP contribution >= 0.6 is 15.9 Å². The maximum absolute atomic E-state index is 11.7. The Hall–Kier alpha value is -0.810. The Morgan fingerprint density at radius 3 is 2.78 bits per heavy atom. The third-order valence-electron chi connectivity index (χ3n) is 3.18. The lowest BCUT2D eigenvalue weighted by Crippen LogP contribution is -2.30. The predicted molar refractivity (Wildman–Crippen MR) is 71.1 cm³/mol. The topological polar surface area (TPSA) is 48.7 Å². The highest BCUT2D eigenvalue weighted by atomic mass is 79.9. The second kappa shape index (κ2) is 5.89. The highest BCUT2D eigenvalue weighted by Gasteiger charge is 2.25. The molecule has 4 nitrogen and oxygen atoms in total. The Bertz CT molecular complexity index is 469. The zero-order valence-electron chi connectivity index (χ0n) is 10.6. The van der Waals surface area contributed by atoms with E-state index >= 15 is 0 Å². The molecule has 0 bridgehead atoms. The second-order valence-corrected chi connectivity index (χ2v) is 5.44. The van der Waals surface area contributed by atoms with Gasteiger partial charge in [0.15, 0.2) is 0 Å². The molecule has 0 amide bonds. The largest absolute Gasteiger partial charge is 0.482 e. The van der Waals surface area contributed by atoms with Gasteiger partial charge < -0.3 is 13.9 Å². The van der Waals surface area contributed by atoms with Gasteiger partial charge in [-0.2, -0.15) is 0 Å². The second-order valence-electron chi connectivity index (χ2n) is 4.59. The lowest BCUT2D eigenvalue weighted by molar-refractivity contribution is 0.0194. The molecule has 0 N–H and O–H groups in total. The minimum absolute atomic E-state index is 0.0191. The molecule has 1 aliphatic rings. The highest BCUT2D eigenvalue weighted by molar-refractivity contribution is 9.10. The van der Waals surface area contributed by atoms with Gasteiger partial charge in [0, 0.05) is 13.5 Å². The van der Waals surface area contributed by atoms with Crippen molar-refractivity contribution >= 4 is 15.9 Å². The van der Waals surface area contributed by atoms with E-state index in [1.54, 1.807) is 20.1 Å². The van der Waals surface area contributed by atoms with Gasteiger partial charge >= 0.3 is 5.63 Å². The molecule has 1 aromatic heterocycles. The van der Waals surface area contributed by atoms with Crippen molar-refractivity contribution in [1.82, 2.24) is 0 Å². The molecule has 2 unspecified atom stereocenters. The molecule has 1 heterocycles. The van der Waals surface area contributed by atoms with Crippen molar-refractivity contribution in [2.24, 2.45) is 0 Å². The zero-order chi connectivity index (χ0) is 13.1. The van der Waals surface area contributed by atoms with E-state index in [0.29, 0.717) is 10.2 Å². The summed E-state index contributed by atoms with van der Waals surface area (Å²) in [5.74, 6) is 0.833. The summed E-state index contributed by atoms with van der Waals surface area (Å²) >= 11 is 3.34. The van der Waals surface area contributed by atoms with E-state index in [2.05, 4.69) is 15.9 Å². The molecule has 1 saturated carbocycles. The summed E-state index contributed by atoms with van der Waals surface area (Å²) in [5, 5.41) is 0. The number of ether oxygens (including phenoxy) is 2. The maximum atomic E-state index is 11.7. The SMILES string of the molecule is COC1CCCC(Oc2c(Br)cc(C)oc2=O)C1. The summed E-state index contributed by atoms with van der Waals surface area (Å²) in [5.41, 5.74) is -0.429. The molecule has 2 atom stereocenters. The molecule has 0 radical (unpaired) electrons. The number of hydrogen-bond donors (Lipinski definition) is 0. The van der Waals surface area contributed by atoms with Crippen molar-refractivity contribution in [3.63, 3.8) is 0 Å². The molecule has 0 saturated heterocycles. The average Bonchev–Trinajstić information content (AvgIpc) is 2.34. The lowest BCUT2D eigenvalue weighted by Gasteiger charge is -2.28. The quantitative estimate of drug-likeness (QED) is 0.860. The molecule has 5 heteroatoms. The molecule has 0 aliphatic heterocycles. The van der Waals surface area contributed by atoms with E-state index in [1.165, 1.54) is 0 Å². The zero-order valence-corrected chi connectivity index (χ0v) is 12.2. The molecule has 1 aliphatic carbocycles. The first-order chi connectivity index (χ1) is 8.60. The van der Waals surface area contributed by atoms with Crippen molar-refractivity contribution < 1.29 is 13.9 Å². The number of methoxy groups -OCH3 is 1. The molecule has 100 valence electrons. The number of aryl methyl sites for hydroxylation is 1. The van der Waals surface area contributed by atoms with E-state index in [-0.39, 0.29) is 18.0 Å². The van der Waals surface area contributed by atoms with Crippen LogP contribution in [0.3, 0.4) is 0 Å². The first-order valence-electron chi connectivity index (χ1n) is 6.10. The van der Waals surface area contributed by atoms with Crippen molar-refractivity contribution in [2.75, 3.05) is 7.11 Å². The van der Waals surface area contributed by atoms with Gasteiger partial charge in [-0.1, -0.05) is 0 Å². The van der Waals surface area contributed by atoms with Crippen LogP contribution in [0.25, 0.3) is 0 Å². The van der Waals surface area contributed by atoms with Crippen molar-refractivity contribution in [2.45, 2.75) is 44.8 Å². The third-order valence-corrected chi connectivity index (χ3v) is 3.77. The summed E-state index contributed by atoms with van der Waals surface area (Å²) in [6, 6.07) is 1.74. The van der Waals surface area contributed by atoms with E-state index in [9.17, 15) is 4.79 Å². The van der Waals surface area contributed by atoms with E-state index in [1.807, 2.05) is 0 Å². The van der Waals surface area contributed by atoms with Crippen LogP contribution < -0.4 is 10.4 Å². The predicted octanol–water partition coefficient (Wildman–Crippen LogP) is 3.05. The Kier molecular flexibility index (Phi) is 4.45. The van der Waals surface area contributed by atoms with Crippen molar-refractivity contribution in [1.29, 1.82) is 0 Å². The monoisotopic (exact) mass is 316 g/mol. The molecule has 18 heavy (non-hydrogen) atoms. The van der Waals surface area contributed by atoms with Crippen molar-refractivity contribution in [3.8, 4) is 5.75 Å². The van der Waals surface area contributed by atoms with Crippen LogP contribution in [0.15, 0.2) is 19.8 Å². The highest BCUT2D eigenvalue weighted by Crippen LogP contribution is 2.28. The van der Waals surface area contributed by atoms with Crippen molar-refractivity contribution in [3.05, 3.63) is 26.7 Å². The van der Waals surface area contributed by atoms with Crippen LogP contribution in [0.4, 0.5) is 0 Å². The minimum Gasteiger partial charge on any atom is -0.482 e. The third kappa shape index (κ3) is 3.14. The molecule has 2 rings (SSSR count). The average molecular weight is 317 g/mol. The normalized spacial score (nSPS) is 23.9. The van der Waals surface area contributed by atoms with Gasteiger partial charge in [-0.3, -0.25) is 0 Å². The standard InChI is InChI=1S/C13H17BrO4/c1-8-6-11(14)12(13(15)17-8)18-10-5-3-4-9(7-10)16-2/h6,9-10H,3-5,7H2,1-2H3. The van der Waals surface area contributed by atoms with Gasteiger partial charge in [-0.25, -0.2) is 4.79 Å². The van der Waals surface area contributed by atoms with Crippen LogP contribution in [-0.2, 0) is 4.74 Å². The number of rotatable bonds is 3. The Morgan fingerprint density at radius 2 is 2.11 bits per heavy atom. The first kappa shape index (κ1) is 13.6.